The molecular weight excluding hydrogens is 304 g/mol. The van der Waals surface area contributed by atoms with Crippen LogP contribution in [0.2, 0.25) is 0 Å². The Morgan fingerprint density at radius 2 is 1.54 bits per heavy atom. The molecule has 4 nitrogen and oxygen atoms in total. The summed E-state index contributed by atoms with van der Waals surface area (Å²) >= 11 is 0. The lowest BCUT2D eigenvalue weighted by Crippen LogP contribution is -2.06. The minimum absolute atomic E-state index is 0.144. The van der Waals surface area contributed by atoms with Crippen molar-refractivity contribution >= 4 is 11.9 Å². The highest BCUT2D eigenvalue weighted by atomic mass is 16.5. The number of rotatable bonds is 12. The predicted octanol–water partition coefficient (Wildman–Crippen LogP) is 5.37. The molecule has 0 heterocycles. The SMILES string of the molecule is C=CC(=O)OC.CCCCCCCCC=C(C)C(=O)OCCCC. The fraction of sp³-hybridized carbons (Fsp3) is 0.700. The van der Waals surface area contributed by atoms with Crippen LogP contribution in [0.15, 0.2) is 24.3 Å². The van der Waals surface area contributed by atoms with Gasteiger partial charge >= 0.3 is 11.9 Å². The van der Waals surface area contributed by atoms with Gasteiger partial charge in [0.05, 0.1) is 13.7 Å². The van der Waals surface area contributed by atoms with Gasteiger partial charge in [-0.25, -0.2) is 9.59 Å². The van der Waals surface area contributed by atoms with Gasteiger partial charge in [0.1, 0.15) is 0 Å². The molecular formula is C20H36O4. The van der Waals surface area contributed by atoms with Gasteiger partial charge in [-0.2, -0.15) is 0 Å². The normalized spacial score (nSPS) is 10.4. The highest BCUT2D eigenvalue weighted by molar-refractivity contribution is 5.87. The Labute approximate surface area is 148 Å². The minimum atomic E-state index is -0.394. The second kappa shape index (κ2) is 19.5. The first-order chi connectivity index (χ1) is 11.5. The molecule has 24 heavy (non-hydrogen) atoms. The van der Waals surface area contributed by atoms with Crippen LogP contribution in [0.1, 0.15) is 78.6 Å². The van der Waals surface area contributed by atoms with Crippen LogP contribution in [0.25, 0.3) is 0 Å². The molecule has 0 aliphatic carbocycles. The number of allylic oxidation sites excluding steroid dienone is 1. The molecule has 0 radical (unpaired) electrons. The van der Waals surface area contributed by atoms with E-state index in [2.05, 4.69) is 25.2 Å². The first-order valence-corrected chi connectivity index (χ1v) is 9.07. The van der Waals surface area contributed by atoms with Gasteiger partial charge in [0.2, 0.25) is 0 Å². The molecule has 0 saturated carbocycles. The van der Waals surface area contributed by atoms with Crippen molar-refractivity contribution in [2.24, 2.45) is 0 Å². The molecule has 0 aromatic carbocycles. The summed E-state index contributed by atoms with van der Waals surface area (Å²) in [5.74, 6) is -0.538. The molecule has 0 saturated heterocycles. The van der Waals surface area contributed by atoms with E-state index in [9.17, 15) is 9.59 Å². The summed E-state index contributed by atoms with van der Waals surface area (Å²) in [6.07, 6.45) is 13.9. The molecule has 0 spiro atoms. The standard InChI is InChI=1S/C16H30O2.C4H6O2/c1-4-6-8-9-10-11-12-13-15(3)16(17)18-14-7-5-2;1-3-4(5)6-2/h13H,4-12,14H2,1-3H3;3H,1H2,2H3. The molecule has 0 aromatic heterocycles. The smallest absolute Gasteiger partial charge is 0.333 e. The van der Waals surface area contributed by atoms with Gasteiger partial charge in [0, 0.05) is 11.6 Å². The van der Waals surface area contributed by atoms with E-state index in [-0.39, 0.29) is 5.97 Å². The molecule has 0 amide bonds. The molecule has 4 heteroatoms. The van der Waals surface area contributed by atoms with Crippen molar-refractivity contribution in [3.05, 3.63) is 24.3 Å². The maximum absolute atomic E-state index is 11.5. The number of esters is 2. The summed E-state index contributed by atoms with van der Waals surface area (Å²) in [7, 11) is 1.31. The van der Waals surface area contributed by atoms with Gasteiger partial charge in [0.15, 0.2) is 0 Å². The van der Waals surface area contributed by atoms with E-state index in [4.69, 9.17) is 4.74 Å². The molecule has 0 rings (SSSR count). The van der Waals surface area contributed by atoms with E-state index in [1.54, 1.807) is 0 Å². The summed E-state index contributed by atoms with van der Waals surface area (Å²) in [5.41, 5.74) is 0.764. The lowest BCUT2D eigenvalue weighted by Gasteiger charge is -2.04. The summed E-state index contributed by atoms with van der Waals surface area (Å²) in [4.78, 5) is 21.4. The van der Waals surface area contributed by atoms with Crippen molar-refractivity contribution in [1.29, 1.82) is 0 Å². The Morgan fingerprint density at radius 3 is 2.04 bits per heavy atom. The highest BCUT2D eigenvalue weighted by Gasteiger charge is 2.04. The molecule has 0 unspecified atom stereocenters. The Hall–Kier alpha value is -1.58. The van der Waals surface area contributed by atoms with E-state index in [0.717, 1.165) is 30.9 Å². The van der Waals surface area contributed by atoms with Crippen LogP contribution < -0.4 is 0 Å². The van der Waals surface area contributed by atoms with Crippen LogP contribution in [-0.4, -0.2) is 25.7 Å². The Balaban J connectivity index is 0. The van der Waals surface area contributed by atoms with E-state index in [1.165, 1.54) is 45.6 Å². The first kappa shape index (κ1) is 24.7. The molecule has 0 bridgehead atoms. The monoisotopic (exact) mass is 340 g/mol. The molecule has 0 N–H and O–H groups in total. The van der Waals surface area contributed by atoms with Crippen molar-refractivity contribution in [2.45, 2.75) is 78.6 Å². The lowest BCUT2D eigenvalue weighted by molar-refractivity contribution is -0.139. The zero-order valence-corrected chi connectivity index (χ0v) is 16.1. The van der Waals surface area contributed by atoms with Crippen LogP contribution in [0.5, 0.6) is 0 Å². The number of hydrogen-bond donors (Lipinski definition) is 0. The second-order valence-corrected chi connectivity index (χ2v) is 5.66. The van der Waals surface area contributed by atoms with E-state index in [1.807, 2.05) is 13.0 Å². The van der Waals surface area contributed by atoms with Crippen LogP contribution in [-0.2, 0) is 19.1 Å². The molecule has 0 atom stereocenters. The van der Waals surface area contributed by atoms with Gasteiger partial charge in [-0.15, -0.1) is 0 Å². The third kappa shape index (κ3) is 18.5. The maximum atomic E-state index is 11.5. The summed E-state index contributed by atoms with van der Waals surface area (Å²) in [6.45, 7) is 9.89. The number of carbonyl (C=O) groups is 2. The molecule has 140 valence electrons. The van der Waals surface area contributed by atoms with Gasteiger partial charge in [0.25, 0.3) is 0 Å². The van der Waals surface area contributed by atoms with E-state index < -0.39 is 5.97 Å². The van der Waals surface area contributed by atoms with Crippen LogP contribution in [0.3, 0.4) is 0 Å². The quantitative estimate of drug-likeness (QED) is 0.272. The number of unbranched alkanes of at least 4 members (excludes halogenated alkanes) is 7. The third-order valence-electron chi connectivity index (χ3n) is 3.43. The van der Waals surface area contributed by atoms with Gasteiger partial charge in [-0.05, 0) is 26.2 Å². The molecule has 0 aliphatic heterocycles. The number of methoxy groups -OCH3 is 1. The topological polar surface area (TPSA) is 52.6 Å². The lowest BCUT2D eigenvalue weighted by atomic mass is 10.1. The van der Waals surface area contributed by atoms with Crippen molar-refractivity contribution < 1.29 is 19.1 Å². The zero-order chi connectivity index (χ0) is 18.6. The summed E-state index contributed by atoms with van der Waals surface area (Å²) in [5, 5.41) is 0. The average molecular weight is 341 g/mol. The zero-order valence-electron chi connectivity index (χ0n) is 16.1. The van der Waals surface area contributed by atoms with E-state index >= 15 is 0 Å². The molecule has 0 aliphatic rings. The predicted molar refractivity (Wildman–Crippen MR) is 99.8 cm³/mol. The summed E-state index contributed by atoms with van der Waals surface area (Å²) < 4.78 is 9.29. The fourth-order valence-corrected chi connectivity index (χ4v) is 1.83. The molecule has 0 fully saturated rings. The highest BCUT2D eigenvalue weighted by Crippen LogP contribution is 2.09. The minimum Gasteiger partial charge on any atom is -0.466 e. The van der Waals surface area contributed by atoms with Crippen molar-refractivity contribution in [2.75, 3.05) is 13.7 Å². The van der Waals surface area contributed by atoms with E-state index in [0.29, 0.717) is 6.61 Å². The molecule has 0 aromatic rings. The van der Waals surface area contributed by atoms with Crippen molar-refractivity contribution in [3.63, 3.8) is 0 Å². The maximum Gasteiger partial charge on any atom is 0.333 e. The second-order valence-electron chi connectivity index (χ2n) is 5.66. The first-order valence-electron chi connectivity index (χ1n) is 9.07. The fourth-order valence-electron chi connectivity index (χ4n) is 1.83. The van der Waals surface area contributed by atoms with Crippen molar-refractivity contribution in [3.8, 4) is 0 Å². The third-order valence-corrected chi connectivity index (χ3v) is 3.43. The largest absolute Gasteiger partial charge is 0.466 e. The Kier molecular flexibility index (Phi) is 20.0. The van der Waals surface area contributed by atoms with Crippen LogP contribution in [0, 0.1) is 0 Å². The van der Waals surface area contributed by atoms with Gasteiger partial charge in [-0.3, -0.25) is 0 Å². The average Bonchev–Trinajstić information content (AvgIpc) is 2.60. The van der Waals surface area contributed by atoms with Crippen molar-refractivity contribution in [1.82, 2.24) is 0 Å². The number of hydrogen-bond acceptors (Lipinski definition) is 4. The van der Waals surface area contributed by atoms with Gasteiger partial charge < -0.3 is 9.47 Å². The number of carbonyl (C=O) groups excluding carboxylic acids is 2. The Bertz CT molecular complexity index is 359. The Morgan fingerprint density at radius 1 is 0.958 bits per heavy atom. The summed E-state index contributed by atoms with van der Waals surface area (Å²) in [6, 6.07) is 0. The number of ether oxygens (including phenoxy) is 2. The van der Waals surface area contributed by atoms with Gasteiger partial charge in [-0.1, -0.05) is 65.0 Å². The van der Waals surface area contributed by atoms with Crippen LogP contribution >= 0.6 is 0 Å². The van der Waals surface area contributed by atoms with Crippen LogP contribution in [0.4, 0.5) is 0 Å².